The first kappa shape index (κ1) is 18.6. The average Bonchev–Trinajstić information content (AvgIpc) is 3.09. The Bertz CT molecular complexity index is 888. The van der Waals surface area contributed by atoms with Crippen LogP contribution in [-0.2, 0) is 11.2 Å². The maximum Gasteiger partial charge on any atom is 0.226 e. The monoisotopic (exact) mass is 407 g/mol. The van der Waals surface area contributed by atoms with E-state index in [4.69, 9.17) is 23.2 Å². The molecule has 134 valence electrons. The van der Waals surface area contributed by atoms with Crippen molar-refractivity contribution in [3.63, 3.8) is 0 Å². The largest absolute Gasteiger partial charge is 0.367 e. The van der Waals surface area contributed by atoms with Gasteiger partial charge in [0.25, 0.3) is 0 Å². The Morgan fingerprint density at radius 2 is 2.08 bits per heavy atom. The molecular formula is C17H15Cl2N5OS. The van der Waals surface area contributed by atoms with Gasteiger partial charge in [0.15, 0.2) is 0 Å². The van der Waals surface area contributed by atoms with E-state index >= 15 is 0 Å². The molecule has 0 aliphatic carbocycles. The Labute approximate surface area is 164 Å². The quantitative estimate of drug-likeness (QED) is 0.583. The van der Waals surface area contributed by atoms with Crippen LogP contribution in [0.3, 0.4) is 0 Å². The number of anilines is 1. The number of carbonyl (C=O) groups is 1. The molecule has 26 heavy (non-hydrogen) atoms. The molecule has 0 saturated heterocycles. The molecule has 1 amide bonds. The third-order valence-corrected chi connectivity index (χ3v) is 4.73. The minimum absolute atomic E-state index is 0.0974. The predicted molar refractivity (Wildman–Crippen MR) is 105 cm³/mol. The summed E-state index contributed by atoms with van der Waals surface area (Å²) >= 11 is 13.3. The Balaban J connectivity index is 1.44. The van der Waals surface area contributed by atoms with Gasteiger partial charge in [-0.1, -0.05) is 29.3 Å². The molecule has 6 nitrogen and oxygen atoms in total. The highest BCUT2D eigenvalue weighted by Gasteiger charge is 2.09. The van der Waals surface area contributed by atoms with E-state index in [2.05, 4.69) is 25.6 Å². The first-order valence-corrected chi connectivity index (χ1v) is 9.43. The molecule has 0 aliphatic rings. The van der Waals surface area contributed by atoms with Crippen molar-refractivity contribution in [3.05, 3.63) is 57.8 Å². The summed E-state index contributed by atoms with van der Waals surface area (Å²) in [4.78, 5) is 24.8. The first-order chi connectivity index (χ1) is 12.6. The lowest BCUT2D eigenvalue weighted by atomic mass is 10.3. The van der Waals surface area contributed by atoms with Crippen molar-refractivity contribution in [1.29, 1.82) is 0 Å². The van der Waals surface area contributed by atoms with Crippen LogP contribution in [0.2, 0.25) is 10.0 Å². The molecule has 2 N–H and O–H groups in total. The van der Waals surface area contributed by atoms with Crippen molar-refractivity contribution in [2.45, 2.75) is 6.42 Å². The summed E-state index contributed by atoms with van der Waals surface area (Å²) in [6.45, 7) is 0.938. The van der Waals surface area contributed by atoms with E-state index in [1.165, 1.54) is 17.5 Å². The summed E-state index contributed by atoms with van der Waals surface area (Å²) in [5.74, 6) is 0.435. The molecule has 0 fully saturated rings. The predicted octanol–water partition coefficient (Wildman–Crippen LogP) is 3.68. The average molecular weight is 408 g/mol. The Kier molecular flexibility index (Phi) is 6.38. The number of amides is 1. The maximum atomic E-state index is 12.0. The van der Waals surface area contributed by atoms with Gasteiger partial charge in [-0.15, -0.1) is 11.3 Å². The topological polar surface area (TPSA) is 79.8 Å². The molecule has 0 aromatic carbocycles. The van der Waals surface area contributed by atoms with Crippen LogP contribution in [0.25, 0.3) is 10.7 Å². The van der Waals surface area contributed by atoms with E-state index in [0.717, 1.165) is 16.4 Å². The van der Waals surface area contributed by atoms with Crippen LogP contribution in [0, 0.1) is 0 Å². The third-order valence-electron chi connectivity index (χ3n) is 3.32. The zero-order chi connectivity index (χ0) is 18.4. The van der Waals surface area contributed by atoms with Gasteiger partial charge in [-0.25, -0.2) is 9.97 Å². The number of hydrogen-bond donors (Lipinski definition) is 2. The molecular weight excluding hydrogens is 393 g/mol. The van der Waals surface area contributed by atoms with E-state index in [1.54, 1.807) is 12.3 Å². The first-order valence-electron chi connectivity index (χ1n) is 7.79. The Morgan fingerprint density at radius 3 is 2.85 bits per heavy atom. The van der Waals surface area contributed by atoms with Gasteiger partial charge >= 0.3 is 0 Å². The molecule has 0 bridgehead atoms. The zero-order valence-electron chi connectivity index (χ0n) is 13.6. The lowest BCUT2D eigenvalue weighted by molar-refractivity contribution is -0.120. The molecule has 3 heterocycles. The van der Waals surface area contributed by atoms with Crippen LogP contribution < -0.4 is 10.6 Å². The summed E-state index contributed by atoms with van der Waals surface area (Å²) < 4.78 is 0. The van der Waals surface area contributed by atoms with Gasteiger partial charge in [0.2, 0.25) is 5.91 Å². The second-order valence-electron chi connectivity index (χ2n) is 5.30. The number of nitrogens with zero attached hydrogens (tertiary/aromatic N) is 3. The van der Waals surface area contributed by atoms with E-state index in [0.29, 0.717) is 29.0 Å². The van der Waals surface area contributed by atoms with Crippen molar-refractivity contribution in [3.8, 4) is 10.7 Å². The number of aromatic nitrogens is 3. The molecule has 0 atom stereocenters. The highest BCUT2D eigenvalue weighted by molar-refractivity contribution is 7.13. The van der Waals surface area contributed by atoms with E-state index < -0.39 is 0 Å². The highest BCUT2D eigenvalue weighted by Crippen LogP contribution is 2.22. The van der Waals surface area contributed by atoms with Crippen molar-refractivity contribution in [1.82, 2.24) is 20.3 Å². The molecule has 3 aromatic rings. The minimum Gasteiger partial charge on any atom is -0.367 e. The number of nitrogens with one attached hydrogen (secondary N) is 2. The van der Waals surface area contributed by atoms with Crippen LogP contribution in [0.5, 0.6) is 0 Å². The number of pyridine rings is 2. The second-order valence-corrected chi connectivity index (χ2v) is 7.00. The Hall–Kier alpha value is -2.22. The van der Waals surface area contributed by atoms with Crippen LogP contribution in [-0.4, -0.2) is 33.9 Å². The molecule has 0 radical (unpaired) electrons. The molecule has 3 rings (SSSR count). The Morgan fingerprint density at radius 1 is 1.19 bits per heavy atom. The molecule has 0 saturated carbocycles. The van der Waals surface area contributed by atoms with Crippen LogP contribution >= 0.6 is 34.5 Å². The smallest absolute Gasteiger partial charge is 0.226 e. The van der Waals surface area contributed by atoms with Crippen LogP contribution in [0.15, 0.2) is 42.0 Å². The van der Waals surface area contributed by atoms with Gasteiger partial charge in [-0.3, -0.25) is 9.78 Å². The maximum absolute atomic E-state index is 12.0. The molecule has 9 heteroatoms. The summed E-state index contributed by atoms with van der Waals surface area (Å²) in [6.07, 6.45) is 3.46. The number of hydrogen-bond acceptors (Lipinski definition) is 6. The fraction of sp³-hybridized carbons (Fsp3) is 0.176. The third kappa shape index (κ3) is 5.14. The summed E-state index contributed by atoms with van der Waals surface area (Å²) in [6, 6.07) is 7.26. The van der Waals surface area contributed by atoms with E-state index in [1.807, 2.05) is 23.6 Å². The second kappa shape index (κ2) is 8.93. The van der Waals surface area contributed by atoms with Crippen LogP contribution in [0.1, 0.15) is 5.69 Å². The SMILES string of the molecule is O=C(Cc1csc(-c2ccccn2)n1)NCCNc1ncc(Cl)cc1Cl. The molecule has 0 unspecified atom stereocenters. The van der Waals surface area contributed by atoms with Gasteiger partial charge < -0.3 is 10.6 Å². The van der Waals surface area contributed by atoms with E-state index in [-0.39, 0.29) is 12.3 Å². The van der Waals surface area contributed by atoms with Gasteiger partial charge in [0, 0.05) is 30.9 Å². The number of thiazole rings is 1. The lowest BCUT2D eigenvalue weighted by Crippen LogP contribution is -2.30. The standard InChI is InChI=1S/C17H15Cl2N5OS/c18-11-7-13(19)16(23-9-11)22-6-5-21-15(25)8-12-10-26-17(24-12)14-3-1-2-4-20-14/h1-4,7,9-10H,5-6,8H2,(H,21,25)(H,22,23). The van der Waals surface area contributed by atoms with Crippen molar-refractivity contribution in [2.75, 3.05) is 18.4 Å². The summed E-state index contributed by atoms with van der Waals surface area (Å²) in [7, 11) is 0. The van der Waals surface area contributed by atoms with Crippen LogP contribution in [0.4, 0.5) is 5.82 Å². The van der Waals surface area contributed by atoms with Gasteiger partial charge in [0.1, 0.15) is 10.8 Å². The van der Waals surface area contributed by atoms with Gasteiger partial charge in [-0.05, 0) is 18.2 Å². The summed E-state index contributed by atoms with van der Waals surface area (Å²) in [5.41, 5.74) is 1.53. The number of rotatable bonds is 7. The minimum atomic E-state index is -0.0974. The highest BCUT2D eigenvalue weighted by atomic mass is 35.5. The van der Waals surface area contributed by atoms with E-state index in [9.17, 15) is 4.79 Å². The van der Waals surface area contributed by atoms with Crippen molar-refractivity contribution < 1.29 is 4.79 Å². The van der Waals surface area contributed by atoms with Gasteiger partial charge in [0.05, 0.1) is 27.9 Å². The number of carbonyl (C=O) groups excluding carboxylic acids is 1. The van der Waals surface area contributed by atoms with Crippen molar-refractivity contribution in [2.24, 2.45) is 0 Å². The molecule has 0 aliphatic heterocycles. The summed E-state index contributed by atoms with van der Waals surface area (Å²) in [5, 5.41) is 9.47. The van der Waals surface area contributed by atoms with Crippen molar-refractivity contribution >= 4 is 46.3 Å². The molecule has 3 aromatic heterocycles. The lowest BCUT2D eigenvalue weighted by Gasteiger charge is -2.08. The fourth-order valence-electron chi connectivity index (χ4n) is 2.15. The normalized spacial score (nSPS) is 10.5. The fourth-order valence-corrected chi connectivity index (χ4v) is 3.39. The molecule has 0 spiro atoms. The van der Waals surface area contributed by atoms with Gasteiger partial charge in [-0.2, -0.15) is 0 Å². The zero-order valence-corrected chi connectivity index (χ0v) is 15.9. The number of halogens is 2.